The van der Waals surface area contributed by atoms with Crippen LogP contribution in [0, 0.1) is 17.8 Å². The lowest BCUT2D eigenvalue weighted by atomic mass is 9.75. The summed E-state index contributed by atoms with van der Waals surface area (Å²) in [6.07, 6.45) is -0.101. The number of hydrogen-bond acceptors (Lipinski definition) is 5. The van der Waals surface area contributed by atoms with Crippen molar-refractivity contribution in [3.05, 3.63) is 12.2 Å². The first-order valence-corrected chi connectivity index (χ1v) is 7.24. The van der Waals surface area contributed by atoms with Gasteiger partial charge in [-0.3, -0.25) is 0 Å². The number of carbonyl (C=O) groups excluding carboxylic acids is 1. The molecule has 110 valence electrons. The summed E-state index contributed by atoms with van der Waals surface area (Å²) in [5.74, 6) is -0.946. The molecule has 5 nitrogen and oxygen atoms in total. The number of hydrogen-bond donors (Lipinski definition) is 2. The fourth-order valence-corrected chi connectivity index (χ4v) is 4.88. The van der Waals surface area contributed by atoms with E-state index in [0.717, 1.165) is 6.42 Å². The molecule has 0 amide bonds. The molecule has 4 rings (SSSR count). The topological polar surface area (TPSA) is 79.3 Å². The Hall–Kier alpha value is -0.910. The maximum atomic E-state index is 11.8. The highest BCUT2D eigenvalue weighted by atomic mass is 16.6. The van der Waals surface area contributed by atoms with E-state index < -0.39 is 29.7 Å². The van der Waals surface area contributed by atoms with E-state index in [2.05, 4.69) is 6.58 Å². The average Bonchev–Trinajstić information content (AvgIpc) is 2.77. The Morgan fingerprint density at radius 1 is 1.40 bits per heavy atom. The van der Waals surface area contributed by atoms with Gasteiger partial charge >= 0.3 is 5.97 Å². The summed E-state index contributed by atoms with van der Waals surface area (Å²) in [6.45, 7) is 7.57. The molecule has 8 unspecified atom stereocenters. The molecule has 0 radical (unpaired) electrons. The van der Waals surface area contributed by atoms with Gasteiger partial charge in [-0.2, -0.15) is 0 Å². The van der Waals surface area contributed by atoms with Gasteiger partial charge in [0.05, 0.1) is 29.3 Å². The third-order valence-electron chi connectivity index (χ3n) is 5.99. The number of esters is 1. The Kier molecular flexibility index (Phi) is 2.21. The number of aliphatic hydroxyl groups is 2. The van der Waals surface area contributed by atoms with Crippen molar-refractivity contribution in [2.75, 3.05) is 0 Å². The van der Waals surface area contributed by atoms with E-state index in [9.17, 15) is 15.0 Å². The number of fused-ring (bicyclic) bond motifs is 5. The molecule has 2 heterocycles. The molecular formula is C15H20O5. The molecule has 8 atom stereocenters. The lowest BCUT2D eigenvalue weighted by Gasteiger charge is -2.36. The predicted molar refractivity (Wildman–Crippen MR) is 68.6 cm³/mol. The van der Waals surface area contributed by atoms with Crippen LogP contribution in [-0.4, -0.2) is 45.7 Å². The van der Waals surface area contributed by atoms with Gasteiger partial charge in [0.15, 0.2) is 0 Å². The molecule has 2 saturated carbocycles. The first-order chi connectivity index (χ1) is 9.25. The molecular weight excluding hydrogens is 260 g/mol. The lowest BCUT2D eigenvalue weighted by Crippen LogP contribution is -2.44. The first kappa shape index (κ1) is 12.8. The van der Waals surface area contributed by atoms with Crippen LogP contribution < -0.4 is 0 Å². The van der Waals surface area contributed by atoms with Crippen LogP contribution >= 0.6 is 0 Å². The zero-order valence-corrected chi connectivity index (χ0v) is 11.7. The van der Waals surface area contributed by atoms with Gasteiger partial charge in [0.25, 0.3) is 0 Å². The molecule has 2 aliphatic carbocycles. The predicted octanol–water partition coefficient (Wildman–Crippen LogP) is 0.393. The van der Waals surface area contributed by atoms with Crippen molar-refractivity contribution in [3.8, 4) is 0 Å². The number of epoxide rings is 1. The SMILES string of the molecule is C=C1C(=O)OC2C1C(O)CC(C)(O)C1CC3OC3(C)C21. The van der Waals surface area contributed by atoms with Crippen molar-refractivity contribution in [3.63, 3.8) is 0 Å². The van der Waals surface area contributed by atoms with Gasteiger partial charge in [-0.15, -0.1) is 0 Å². The molecule has 2 aliphatic heterocycles. The van der Waals surface area contributed by atoms with Crippen molar-refractivity contribution in [1.29, 1.82) is 0 Å². The van der Waals surface area contributed by atoms with Crippen LogP contribution in [-0.2, 0) is 14.3 Å². The normalized spacial score (nSPS) is 60.4. The van der Waals surface area contributed by atoms with Crippen LogP contribution in [0.2, 0.25) is 0 Å². The second-order valence-corrected chi connectivity index (χ2v) is 7.21. The van der Waals surface area contributed by atoms with Gasteiger partial charge in [-0.25, -0.2) is 4.79 Å². The van der Waals surface area contributed by atoms with Crippen LogP contribution in [0.25, 0.3) is 0 Å². The number of carbonyl (C=O) groups is 1. The third kappa shape index (κ3) is 1.36. The van der Waals surface area contributed by atoms with E-state index in [0.29, 0.717) is 5.57 Å². The summed E-state index contributed by atoms with van der Waals surface area (Å²) in [5.41, 5.74) is -0.986. The molecule has 0 aromatic carbocycles. The quantitative estimate of drug-likeness (QED) is 0.381. The van der Waals surface area contributed by atoms with Gasteiger partial charge < -0.3 is 19.7 Å². The smallest absolute Gasteiger partial charge is 0.334 e. The van der Waals surface area contributed by atoms with Crippen LogP contribution in [0.4, 0.5) is 0 Å². The fraction of sp³-hybridized carbons (Fsp3) is 0.800. The summed E-state index contributed by atoms with van der Waals surface area (Å²) >= 11 is 0. The number of rotatable bonds is 0. The van der Waals surface area contributed by atoms with E-state index in [1.54, 1.807) is 6.92 Å². The minimum absolute atomic E-state index is 0.0189. The highest BCUT2D eigenvalue weighted by molar-refractivity contribution is 5.91. The van der Waals surface area contributed by atoms with E-state index in [4.69, 9.17) is 9.47 Å². The van der Waals surface area contributed by atoms with Gasteiger partial charge in [0, 0.05) is 17.9 Å². The molecule has 2 saturated heterocycles. The Bertz CT molecular complexity index is 512. The number of ether oxygens (including phenoxy) is 2. The molecule has 4 aliphatic rings. The lowest BCUT2D eigenvalue weighted by molar-refractivity contribution is -0.146. The molecule has 5 heteroatoms. The fourth-order valence-electron chi connectivity index (χ4n) is 4.88. The van der Waals surface area contributed by atoms with Crippen molar-refractivity contribution in [2.24, 2.45) is 17.8 Å². The highest BCUT2D eigenvalue weighted by Crippen LogP contribution is 2.64. The van der Waals surface area contributed by atoms with Gasteiger partial charge in [0.1, 0.15) is 6.10 Å². The van der Waals surface area contributed by atoms with E-state index in [1.807, 2.05) is 6.92 Å². The van der Waals surface area contributed by atoms with E-state index in [-0.39, 0.29) is 30.0 Å². The monoisotopic (exact) mass is 280 g/mol. The Morgan fingerprint density at radius 2 is 2.10 bits per heavy atom. The van der Waals surface area contributed by atoms with Gasteiger partial charge in [0.2, 0.25) is 0 Å². The van der Waals surface area contributed by atoms with Crippen molar-refractivity contribution < 1.29 is 24.5 Å². The van der Waals surface area contributed by atoms with Crippen molar-refractivity contribution in [2.45, 2.75) is 56.2 Å². The summed E-state index contributed by atoms with van der Waals surface area (Å²) in [4.78, 5) is 11.8. The maximum absolute atomic E-state index is 11.8. The second-order valence-electron chi connectivity index (χ2n) is 7.21. The highest BCUT2D eigenvalue weighted by Gasteiger charge is 2.73. The van der Waals surface area contributed by atoms with E-state index >= 15 is 0 Å². The minimum Gasteiger partial charge on any atom is -0.458 e. The molecule has 4 fully saturated rings. The van der Waals surface area contributed by atoms with Crippen LogP contribution in [0.15, 0.2) is 12.2 Å². The standard InChI is InChI=1S/C15H20O5/c1-6-10-8(16)5-14(2,18)7-4-9-15(3,20-9)11(7)12(10)19-13(6)17/h7-12,16,18H,1,4-5H2,2-3H3. The third-order valence-corrected chi connectivity index (χ3v) is 5.99. The van der Waals surface area contributed by atoms with Crippen molar-refractivity contribution in [1.82, 2.24) is 0 Å². The van der Waals surface area contributed by atoms with Gasteiger partial charge in [-0.05, 0) is 26.2 Å². The molecule has 0 spiro atoms. The van der Waals surface area contributed by atoms with Gasteiger partial charge in [-0.1, -0.05) is 6.58 Å². The molecule has 0 aromatic heterocycles. The summed E-state index contributed by atoms with van der Waals surface area (Å²) in [7, 11) is 0. The summed E-state index contributed by atoms with van der Waals surface area (Å²) in [5, 5.41) is 21.2. The molecule has 2 N–H and O–H groups in total. The second kappa shape index (κ2) is 3.46. The number of aliphatic hydroxyl groups excluding tert-OH is 1. The minimum atomic E-state index is -0.971. The van der Waals surface area contributed by atoms with E-state index in [1.165, 1.54) is 0 Å². The van der Waals surface area contributed by atoms with Crippen molar-refractivity contribution >= 4 is 5.97 Å². The van der Waals surface area contributed by atoms with Crippen LogP contribution in [0.1, 0.15) is 26.7 Å². The average molecular weight is 280 g/mol. The zero-order valence-electron chi connectivity index (χ0n) is 11.7. The summed E-state index contributed by atoms with van der Waals surface area (Å²) < 4.78 is 11.3. The molecule has 0 bridgehead atoms. The summed E-state index contributed by atoms with van der Waals surface area (Å²) in [6, 6.07) is 0. The Morgan fingerprint density at radius 3 is 2.80 bits per heavy atom. The van der Waals surface area contributed by atoms with Crippen LogP contribution in [0.3, 0.4) is 0 Å². The Labute approximate surface area is 117 Å². The zero-order chi connectivity index (χ0) is 14.4. The van der Waals surface area contributed by atoms with Crippen LogP contribution in [0.5, 0.6) is 0 Å². The molecule has 0 aromatic rings. The Balaban J connectivity index is 1.81. The largest absolute Gasteiger partial charge is 0.458 e. The first-order valence-electron chi connectivity index (χ1n) is 7.24. The molecule has 20 heavy (non-hydrogen) atoms. The maximum Gasteiger partial charge on any atom is 0.334 e.